The topological polar surface area (TPSA) is 70.5 Å². The second kappa shape index (κ2) is 7.27. The Bertz CT molecular complexity index is 632. The lowest BCUT2D eigenvalue weighted by Gasteiger charge is -2.36. The average molecular weight is 363 g/mol. The van der Waals surface area contributed by atoms with Gasteiger partial charge in [-0.25, -0.2) is 9.78 Å². The third-order valence-electron chi connectivity index (χ3n) is 5.31. The number of amides is 3. The highest BCUT2D eigenvalue weighted by Gasteiger charge is 2.31. The monoisotopic (exact) mass is 363 g/mol. The predicted octanol–water partition coefficient (Wildman–Crippen LogP) is 1.33. The minimum absolute atomic E-state index is 0.00678. The van der Waals surface area contributed by atoms with Crippen LogP contribution in [0.5, 0.6) is 0 Å². The van der Waals surface area contributed by atoms with Gasteiger partial charge in [-0.15, -0.1) is 0 Å². The maximum absolute atomic E-state index is 12.3. The molecule has 7 nitrogen and oxygen atoms in total. The van der Waals surface area contributed by atoms with Crippen LogP contribution in [0.4, 0.5) is 4.79 Å². The van der Waals surface area contributed by atoms with Crippen molar-refractivity contribution in [2.45, 2.75) is 49.8 Å². The molecule has 3 aliphatic heterocycles. The van der Waals surface area contributed by atoms with Crippen LogP contribution in [-0.2, 0) is 17.8 Å². The van der Waals surface area contributed by atoms with Crippen molar-refractivity contribution in [3.05, 3.63) is 11.9 Å². The van der Waals surface area contributed by atoms with Crippen LogP contribution in [0.2, 0.25) is 0 Å². The largest absolute Gasteiger partial charge is 0.340 e. The lowest BCUT2D eigenvalue weighted by atomic mass is 10.0. The number of likely N-dealkylation sites (tertiary alicyclic amines) is 2. The molecule has 3 aliphatic rings. The van der Waals surface area contributed by atoms with E-state index in [2.05, 4.69) is 21.1 Å². The molecule has 0 saturated carbocycles. The van der Waals surface area contributed by atoms with E-state index in [-0.39, 0.29) is 11.9 Å². The summed E-state index contributed by atoms with van der Waals surface area (Å²) in [7, 11) is 0. The molecule has 4 heterocycles. The minimum atomic E-state index is 0.00678. The lowest BCUT2D eigenvalue weighted by Crippen LogP contribution is -2.50. The Morgan fingerprint density at radius 2 is 2.12 bits per heavy atom. The van der Waals surface area contributed by atoms with E-state index in [0.29, 0.717) is 19.0 Å². The third kappa shape index (κ3) is 3.63. The van der Waals surface area contributed by atoms with Gasteiger partial charge in [-0.05, 0) is 19.3 Å². The number of imidazole rings is 1. The van der Waals surface area contributed by atoms with Gasteiger partial charge in [0.2, 0.25) is 5.91 Å². The minimum Gasteiger partial charge on any atom is -0.340 e. The van der Waals surface area contributed by atoms with E-state index < -0.39 is 0 Å². The summed E-state index contributed by atoms with van der Waals surface area (Å²) in [5.74, 6) is 1.39. The highest BCUT2D eigenvalue weighted by atomic mass is 32.2. The zero-order valence-electron chi connectivity index (χ0n) is 14.4. The fourth-order valence-corrected chi connectivity index (χ4v) is 4.89. The fourth-order valence-electron chi connectivity index (χ4n) is 3.93. The van der Waals surface area contributed by atoms with E-state index in [0.717, 1.165) is 68.5 Å². The molecule has 1 N–H and O–H groups in total. The first-order valence-electron chi connectivity index (χ1n) is 9.22. The molecule has 4 rings (SSSR count). The molecular formula is C17H25N5O2S. The van der Waals surface area contributed by atoms with E-state index in [1.165, 1.54) is 0 Å². The first-order chi connectivity index (χ1) is 12.2. The maximum Gasteiger partial charge on any atom is 0.317 e. The molecule has 0 unspecified atom stereocenters. The first-order valence-corrected chi connectivity index (χ1v) is 10.2. The molecular weight excluding hydrogens is 338 g/mol. The number of urea groups is 1. The van der Waals surface area contributed by atoms with E-state index in [1.807, 2.05) is 9.80 Å². The SMILES string of the molecule is O=C(NCCc1cn2c(n1)SCC2)N1CCC(N2CCCC2=O)CC1. The molecule has 0 atom stereocenters. The van der Waals surface area contributed by atoms with Gasteiger partial charge in [-0.3, -0.25) is 4.79 Å². The zero-order chi connectivity index (χ0) is 17.2. The number of fused-ring (bicyclic) bond motifs is 1. The normalized spacial score (nSPS) is 21.0. The standard InChI is InChI=1S/C17H25N5O2S/c23-15-2-1-7-22(15)14-4-8-20(9-5-14)16(24)18-6-3-13-12-21-10-11-25-17(21)19-13/h12,14H,1-11H2,(H,18,24). The van der Waals surface area contributed by atoms with Crippen molar-refractivity contribution in [3.8, 4) is 0 Å². The second-order valence-corrected chi connectivity index (χ2v) is 8.01. The first kappa shape index (κ1) is 16.8. The van der Waals surface area contributed by atoms with E-state index in [4.69, 9.17) is 0 Å². The molecule has 136 valence electrons. The smallest absolute Gasteiger partial charge is 0.317 e. The highest BCUT2D eigenvalue weighted by Crippen LogP contribution is 2.24. The maximum atomic E-state index is 12.3. The van der Waals surface area contributed by atoms with Crippen LogP contribution in [0.25, 0.3) is 0 Å². The number of carbonyl (C=O) groups excluding carboxylic acids is 2. The third-order valence-corrected chi connectivity index (χ3v) is 6.28. The van der Waals surface area contributed by atoms with Crippen molar-refractivity contribution in [1.82, 2.24) is 24.7 Å². The number of aromatic nitrogens is 2. The van der Waals surface area contributed by atoms with Crippen LogP contribution in [0.1, 0.15) is 31.4 Å². The molecule has 2 saturated heterocycles. The van der Waals surface area contributed by atoms with Gasteiger partial charge in [0.25, 0.3) is 0 Å². The van der Waals surface area contributed by atoms with Crippen LogP contribution < -0.4 is 5.32 Å². The van der Waals surface area contributed by atoms with E-state index in [9.17, 15) is 9.59 Å². The molecule has 0 aromatic carbocycles. The quantitative estimate of drug-likeness (QED) is 0.876. The van der Waals surface area contributed by atoms with Crippen LogP contribution in [0, 0.1) is 0 Å². The van der Waals surface area contributed by atoms with E-state index >= 15 is 0 Å². The molecule has 8 heteroatoms. The summed E-state index contributed by atoms with van der Waals surface area (Å²) in [6, 6.07) is 0.330. The van der Waals surface area contributed by atoms with Crippen molar-refractivity contribution in [2.24, 2.45) is 0 Å². The van der Waals surface area contributed by atoms with Gasteiger partial charge >= 0.3 is 6.03 Å². The molecule has 0 radical (unpaired) electrons. The van der Waals surface area contributed by atoms with Crippen molar-refractivity contribution in [1.29, 1.82) is 0 Å². The van der Waals surface area contributed by atoms with Crippen LogP contribution in [0.3, 0.4) is 0 Å². The van der Waals surface area contributed by atoms with Crippen molar-refractivity contribution >= 4 is 23.7 Å². The summed E-state index contributed by atoms with van der Waals surface area (Å²) in [6.07, 6.45) is 6.32. The Kier molecular flexibility index (Phi) is 4.87. The van der Waals surface area contributed by atoms with Crippen molar-refractivity contribution < 1.29 is 9.59 Å². The summed E-state index contributed by atoms with van der Waals surface area (Å²) < 4.78 is 2.19. The molecule has 1 aromatic heterocycles. The van der Waals surface area contributed by atoms with Gasteiger partial charge in [-0.1, -0.05) is 11.8 Å². The number of hydrogen-bond donors (Lipinski definition) is 1. The summed E-state index contributed by atoms with van der Waals surface area (Å²) in [5.41, 5.74) is 1.05. The fraction of sp³-hybridized carbons (Fsp3) is 0.706. The van der Waals surface area contributed by atoms with Crippen LogP contribution in [-0.4, -0.2) is 69.3 Å². The highest BCUT2D eigenvalue weighted by molar-refractivity contribution is 7.99. The van der Waals surface area contributed by atoms with Crippen molar-refractivity contribution in [2.75, 3.05) is 31.9 Å². The summed E-state index contributed by atoms with van der Waals surface area (Å²) in [5, 5.41) is 4.11. The van der Waals surface area contributed by atoms with Gasteiger partial charge in [0.05, 0.1) is 5.69 Å². The summed E-state index contributed by atoms with van der Waals surface area (Å²) in [4.78, 5) is 32.6. The number of nitrogens with zero attached hydrogens (tertiary/aromatic N) is 4. The lowest BCUT2D eigenvalue weighted by molar-refractivity contribution is -0.130. The average Bonchev–Trinajstić information content (AvgIpc) is 3.31. The number of nitrogens with one attached hydrogen (secondary N) is 1. The summed E-state index contributed by atoms with van der Waals surface area (Å²) >= 11 is 1.79. The Morgan fingerprint density at radius 3 is 2.84 bits per heavy atom. The number of thioether (sulfide) groups is 1. The zero-order valence-corrected chi connectivity index (χ0v) is 15.3. The number of carbonyl (C=O) groups is 2. The number of rotatable bonds is 4. The number of piperidine rings is 1. The molecule has 25 heavy (non-hydrogen) atoms. The Hall–Kier alpha value is -1.70. The number of aryl methyl sites for hydroxylation is 1. The van der Waals surface area contributed by atoms with Crippen molar-refractivity contribution in [3.63, 3.8) is 0 Å². The molecule has 0 aliphatic carbocycles. The summed E-state index contributed by atoms with van der Waals surface area (Å²) in [6.45, 7) is 4.01. The van der Waals surface area contributed by atoms with Gasteiger partial charge < -0.3 is 19.7 Å². The molecule has 0 bridgehead atoms. The molecule has 3 amide bonds. The molecule has 0 spiro atoms. The molecule has 1 aromatic rings. The molecule has 2 fully saturated rings. The Morgan fingerprint density at radius 1 is 1.28 bits per heavy atom. The Balaban J connectivity index is 1.19. The van der Waals surface area contributed by atoms with Gasteiger partial charge in [-0.2, -0.15) is 0 Å². The second-order valence-electron chi connectivity index (χ2n) is 6.95. The van der Waals surface area contributed by atoms with E-state index in [1.54, 1.807) is 11.8 Å². The van der Waals surface area contributed by atoms with Gasteiger partial charge in [0.15, 0.2) is 5.16 Å². The predicted molar refractivity (Wildman–Crippen MR) is 95.6 cm³/mol. The van der Waals surface area contributed by atoms with Crippen LogP contribution in [0.15, 0.2) is 11.4 Å². The van der Waals surface area contributed by atoms with Crippen LogP contribution >= 0.6 is 11.8 Å². The van der Waals surface area contributed by atoms with Gasteiger partial charge in [0, 0.05) is 63.6 Å². The number of hydrogen-bond acceptors (Lipinski definition) is 4. The Labute approximate surface area is 152 Å². The van der Waals surface area contributed by atoms with Gasteiger partial charge in [0.1, 0.15) is 0 Å².